The number of hydrogen-bond acceptors (Lipinski definition) is 3. The number of aryl methyl sites for hydroxylation is 1. The standard InChI is InChI=1S/C16H15N3O/c1-12-4-2-7-15(8-12)19-16(20)11-18-14-6-3-5-13(9-14)10-17/h2-9,18H,11H2,1H3,(H,19,20). The molecule has 100 valence electrons. The highest BCUT2D eigenvalue weighted by atomic mass is 16.1. The lowest BCUT2D eigenvalue weighted by Crippen LogP contribution is -2.21. The predicted molar refractivity (Wildman–Crippen MR) is 79.5 cm³/mol. The molecule has 4 heteroatoms. The van der Waals surface area contributed by atoms with Gasteiger partial charge in [0.25, 0.3) is 0 Å². The number of carbonyl (C=O) groups excluding carboxylic acids is 1. The van der Waals surface area contributed by atoms with Crippen LogP contribution in [0, 0.1) is 18.3 Å². The van der Waals surface area contributed by atoms with Gasteiger partial charge in [0.05, 0.1) is 18.2 Å². The van der Waals surface area contributed by atoms with Crippen LogP contribution in [-0.4, -0.2) is 12.5 Å². The smallest absolute Gasteiger partial charge is 0.243 e. The van der Waals surface area contributed by atoms with Gasteiger partial charge in [-0.2, -0.15) is 5.26 Å². The Balaban J connectivity index is 1.90. The Bertz CT molecular complexity index is 659. The fraction of sp³-hybridized carbons (Fsp3) is 0.125. The van der Waals surface area contributed by atoms with E-state index in [1.807, 2.05) is 37.3 Å². The van der Waals surface area contributed by atoms with Crippen molar-refractivity contribution in [3.63, 3.8) is 0 Å². The lowest BCUT2D eigenvalue weighted by atomic mass is 10.2. The third-order valence-electron chi connectivity index (χ3n) is 2.75. The van der Waals surface area contributed by atoms with Crippen LogP contribution < -0.4 is 10.6 Å². The van der Waals surface area contributed by atoms with E-state index in [0.29, 0.717) is 5.56 Å². The average Bonchev–Trinajstić information content (AvgIpc) is 2.45. The Kier molecular flexibility index (Phi) is 4.35. The molecule has 20 heavy (non-hydrogen) atoms. The van der Waals surface area contributed by atoms with Crippen molar-refractivity contribution in [2.24, 2.45) is 0 Å². The zero-order valence-corrected chi connectivity index (χ0v) is 11.2. The van der Waals surface area contributed by atoms with Gasteiger partial charge in [-0.3, -0.25) is 4.79 Å². The van der Waals surface area contributed by atoms with E-state index in [4.69, 9.17) is 5.26 Å². The van der Waals surface area contributed by atoms with E-state index in [1.165, 1.54) is 0 Å². The Morgan fingerprint density at radius 1 is 1.15 bits per heavy atom. The van der Waals surface area contributed by atoms with E-state index in [2.05, 4.69) is 16.7 Å². The van der Waals surface area contributed by atoms with Crippen molar-refractivity contribution in [3.8, 4) is 6.07 Å². The lowest BCUT2D eigenvalue weighted by molar-refractivity contribution is -0.114. The fourth-order valence-electron chi connectivity index (χ4n) is 1.81. The van der Waals surface area contributed by atoms with Crippen molar-refractivity contribution in [1.29, 1.82) is 5.26 Å². The maximum absolute atomic E-state index is 11.8. The summed E-state index contributed by atoms with van der Waals surface area (Å²) >= 11 is 0. The normalized spacial score (nSPS) is 9.60. The first-order valence-corrected chi connectivity index (χ1v) is 6.28. The fourth-order valence-corrected chi connectivity index (χ4v) is 1.81. The molecule has 0 saturated carbocycles. The molecule has 2 N–H and O–H groups in total. The van der Waals surface area contributed by atoms with Crippen molar-refractivity contribution in [1.82, 2.24) is 0 Å². The Morgan fingerprint density at radius 2 is 1.90 bits per heavy atom. The van der Waals surface area contributed by atoms with E-state index in [0.717, 1.165) is 16.9 Å². The van der Waals surface area contributed by atoms with Gasteiger partial charge in [-0.25, -0.2) is 0 Å². The largest absolute Gasteiger partial charge is 0.376 e. The Morgan fingerprint density at radius 3 is 2.65 bits per heavy atom. The maximum atomic E-state index is 11.8. The molecule has 4 nitrogen and oxygen atoms in total. The lowest BCUT2D eigenvalue weighted by Gasteiger charge is -2.08. The zero-order valence-electron chi connectivity index (χ0n) is 11.2. The Labute approximate surface area is 118 Å². The minimum Gasteiger partial charge on any atom is -0.376 e. The van der Waals surface area contributed by atoms with Crippen LogP contribution in [0.5, 0.6) is 0 Å². The number of benzene rings is 2. The number of nitrogens with zero attached hydrogens (tertiary/aromatic N) is 1. The van der Waals surface area contributed by atoms with Crippen LogP contribution in [0.4, 0.5) is 11.4 Å². The van der Waals surface area contributed by atoms with Crippen molar-refractivity contribution in [3.05, 3.63) is 59.7 Å². The quantitative estimate of drug-likeness (QED) is 0.893. The zero-order chi connectivity index (χ0) is 14.4. The first kappa shape index (κ1) is 13.6. The van der Waals surface area contributed by atoms with E-state index in [-0.39, 0.29) is 12.5 Å². The van der Waals surface area contributed by atoms with Crippen molar-refractivity contribution in [2.45, 2.75) is 6.92 Å². The molecule has 1 amide bonds. The van der Waals surface area contributed by atoms with Gasteiger partial charge in [0, 0.05) is 11.4 Å². The molecule has 0 fully saturated rings. The van der Waals surface area contributed by atoms with Gasteiger partial charge in [0.15, 0.2) is 0 Å². The summed E-state index contributed by atoms with van der Waals surface area (Å²) in [5.41, 5.74) is 3.19. The molecule has 0 aromatic heterocycles. The van der Waals surface area contributed by atoms with Crippen LogP contribution >= 0.6 is 0 Å². The molecule has 0 aliphatic heterocycles. The topological polar surface area (TPSA) is 64.9 Å². The van der Waals surface area contributed by atoms with Crippen molar-refractivity contribution in [2.75, 3.05) is 17.2 Å². The van der Waals surface area contributed by atoms with Gasteiger partial charge < -0.3 is 10.6 Å². The number of carbonyl (C=O) groups is 1. The van der Waals surface area contributed by atoms with Crippen molar-refractivity contribution < 1.29 is 4.79 Å². The van der Waals surface area contributed by atoms with Gasteiger partial charge in [0.2, 0.25) is 5.91 Å². The van der Waals surface area contributed by atoms with Gasteiger partial charge in [-0.05, 0) is 42.8 Å². The van der Waals surface area contributed by atoms with Crippen LogP contribution in [0.2, 0.25) is 0 Å². The molecule has 0 aliphatic rings. The highest BCUT2D eigenvalue weighted by Crippen LogP contribution is 2.11. The summed E-state index contributed by atoms with van der Waals surface area (Å²) in [5, 5.41) is 14.6. The third-order valence-corrected chi connectivity index (χ3v) is 2.75. The second-order valence-electron chi connectivity index (χ2n) is 4.46. The number of hydrogen-bond donors (Lipinski definition) is 2. The van der Waals surface area contributed by atoms with Crippen LogP contribution in [-0.2, 0) is 4.79 Å². The van der Waals surface area contributed by atoms with Gasteiger partial charge in [-0.1, -0.05) is 18.2 Å². The summed E-state index contributed by atoms with van der Waals surface area (Å²) in [4.78, 5) is 11.8. The minimum atomic E-state index is -0.127. The van der Waals surface area contributed by atoms with Crippen LogP contribution in [0.3, 0.4) is 0 Å². The highest BCUT2D eigenvalue weighted by Gasteiger charge is 2.02. The van der Waals surface area contributed by atoms with Gasteiger partial charge in [0.1, 0.15) is 0 Å². The van der Waals surface area contributed by atoms with Gasteiger partial charge >= 0.3 is 0 Å². The van der Waals surface area contributed by atoms with Crippen LogP contribution in [0.1, 0.15) is 11.1 Å². The van der Waals surface area contributed by atoms with E-state index in [1.54, 1.807) is 18.2 Å². The summed E-state index contributed by atoms with van der Waals surface area (Å²) < 4.78 is 0. The number of anilines is 2. The summed E-state index contributed by atoms with van der Waals surface area (Å²) in [6, 6.07) is 16.7. The van der Waals surface area contributed by atoms with E-state index < -0.39 is 0 Å². The summed E-state index contributed by atoms with van der Waals surface area (Å²) in [5.74, 6) is -0.127. The molecule has 0 radical (unpaired) electrons. The second kappa shape index (κ2) is 6.39. The van der Waals surface area contributed by atoms with Crippen molar-refractivity contribution >= 4 is 17.3 Å². The molecule has 0 saturated heterocycles. The molecule has 2 aromatic carbocycles. The number of amides is 1. The minimum absolute atomic E-state index is 0.127. The summed E-state index contributed by atoms with van der Waals surface area (Å²) in [7, 11) is 0. The molecular formula is C16H15N3O. The molecule has 0 heterocycles. The highest BCUT2D eigenvalue weighted by molar-refractivity contribution is 5.93. The number of rotatable bonds is 4. The molecule has 0 atom stereocenters. The third kappa shape index (κ3) is 3.85. The first-order valence-electron chi connectivity index (χ1n) is 6.28. The molecule has 0 spiro atoms. The average molecular weight is 265 g/mol. The molecule has 0 bridgehead atoms. The summed E-state index contributed by atoms with van der Waals surface area (Å²) in [6.45, 7) is 2.13. The number of nitrogens with one attached hydrogen (secondary N) is 2. The molecule has 0 unspecified atom stereocenters. The monoisotopic (exact) mass is 265 g/mol. The van der Waals surface area contributed by atoms with Crippen LogP contribution in [0.15, 0.2) is 48.5 Å². The first-order chi connectivity index (χ1) is 9.67. The maximum Gasteiger partial charge on any atom is 0.243 e. The molecule has 0 aliphatic carbocycles. The van der Waals surface area contributed by atoms with E-state index >= 15 is 0 Å². The molecule has 2 rings (SSSR count). The SMILES string of the molecule is Cc1cccc(NC(=O)CNc2cccc(C#N)c2)c1. The Hall–Kier alpha value is -2.80. The van der Waals surface area contributed by atoms with Crippen LogP contribution in [0.25, 0.3) is 0 Å². The second-order valence-corrected chi connectivity index (χ2v) is 4.46. The number of nitriles is 1. The van der Waals surface area contributed by atoms with Gasteiger partial charge in [-0.15, -0.1) is 0 Å². The summed E-state index contributed by atoms with van der Waals surface area (Å²) in [6.07, 6.45) is 0. The van der Waals surface area contributed by atoms with E-state index in [9.17, 15) is 4.79 Å². The predicted octanol–water partition coefficient (Wildman–Crippen LogP) is 2.92. The molecule has 2 aromatic rings. The molecular weight excluding hydrogens is 250 g/mol.